The molecule has 24 heteroatoms. The second-order valence-electron chi connectivity index (χ2n) is 19.3. The van der Waals surface area contributed by atoms with E-state index >= 15 is 0 Å². The third-order valence-electron chi connectivity index (χ3n) is 12.7. The molecule has 0 atom stereocenters. The van der Waals surface area contributed by atoms with Crippen molar-refractivity contribution >= 4 is 47.4 Å². The maximum Gasteiger partial charge on any atom is 0.157 e. The molecule has 0 amide bonds. The summed E-state index contributed by atoms with van der Waals surface area (Å²) < 4.78 is 6.50. The van der Waals surface area contributed by atoms with E-state index in [9.17, 15) is 60.0 Å². The predicted octanol–water partition coefficient (Wildman–Crippen LogP) is 5.64. The number of hydrogen-bond acceptors (Lipinski definition) is 20. The first kappa shape index (κ1) is 56.7. The van der Waals surface area contributed by atoms with Crippen molar-refractivity contribution in [2.75, 3.05) is 0 Å². The minimum absolute atomic E-state index is 0.0751. The van der Waals surface area contributed by atoms with E-state index in [1.165, 1.54) is 97.1 Å². The van der Waals surface area contributed by atoms with Crippen molar-refractivity contribution in [3.05, 3.63) is 167 Å². The number of aromatic hydroxyl groups is 8. The summed E-state index contributed by atoms with van der Waals surface area (Å²) in [5.74, 6) is -3.30. The van der Waals surface area contributed by atoms with Gasteiger partial charge in [-0.2, -0.15) is 0 Å². The SMILES string of the molecule is O=C(/C=C/c1ccc(O)c(O)c1)CCc1cn(CC(Cn2cc(CCC(=O)/C=C/c3ccc(O)c(O)c3)nn2)(Cn2cc(CCC(=O)/C=C/c3ccc(O)c(O)c3)nn2)Cn2cc(CCC(=O)/C=C/c3ccc(O)c(O)c3)nn2)nn1. The summed E-state index contributed by atoms with van der Waals surface area (Å²) in [6.07, 6.45) is 19.7. The average molecular weight is 1100 g/mol. The summed E-state index contributed by atoms with van der Waals surface area (Å²) in [4.78, 5) is 51.9. The Labute approximate surface area is 461 Å². The Kier molecular flexibility index (Phi) is 18.3. The van der Waals surface area contributed by atoms with E-state index in [-0.39, 0.29) is 147 Å². The normalized spacial score (nSPS) is 12.0. The molecule has 0 fully saturated rings. The zero-order valence-electron chi connectivity index (χ0n) is 43.4. The number of aryl methyl sites for hydroxylation is 4. The number of benzene rings is 4. The summed E-state index contributed by atoms with van der Waals surface area (Å²) >= 11 is 0. The van der Waals surface area contributed by atoms with Gasteiger partial charge in [-0.05, 0) is 95.1 Å². The molecule has 4 aromatic heterocycles. The summed E-state index contributed by atoms with van der Waals surface area (Å²) in [5, 5.41) is 113. The number of rotatable bonds is 28. The Balaban J connectivity index is 1.04. The molecule has 0 radical (unpaired) electrons. The Morgan fingerprint density at radius 3 is 0.778 bits per heavy atom. The first-order chi connectivity index (χ1) is 38.9. The van der Waals surface area contributed by atoms with Crippen LogP contribution in [0.4, 0.5) is 0 Å². The van der Waals surface area contributed by atoms with E-state index in [1.54, 1.807) is 67.8 Å². The first-order valence-electron chi connectivity index (χ1n) is 25.4. The zero-order chi connectivity index (χ0) is 57.5. The topological polar surface area (TPSA) is 353 Å². The van der Waals surface area contributed by atoms with Gasteiger partial charge in [0.2, 0.25) is 0 Å². The monoisotopic (exact) mass is 1100 g/mol. The maximum atomic E-state index is 13.0. The van der Waals surface area contributed by atoms with Crippen molar-refractivity contribution in [1.82, 2.24) is 60.0 Å². The number of phenols is 8. The number of phenolic OH excluding ortho intramolecular Hbond substituents is 8. The van der Waals surface area contributed by atoms with Gasteiger partial charge in [0, 0.05) is 81.6 Å². The van der Waals surface area contributed by atoms with E-state index in [1.807, 2.05) is 0 Å². The molecule has 0 saturated heterocycles. The van der Waals surface area contributed by atoms with E-state index in [4.69, 9.17) is 0 Å². The minimum Gasteiger partial charge on any atom is -0.504 e. The van der Waals surface area contributed by atoms with Crippen molar-refractivity contribution in [3.63, 3.8) is 0 Å². The number of nitrogens with zero attached hydrogens (tertiary/aromatic N) is 12. The molecule has 24 nitrogen and oxygen atoms in total. The van der Waals surface area contributed by atoms with Gasteiger partial charge in [0.15, 0.2) is 69.1 Å². The predicted molar refractivity (Wildman–Crippen MR) is 291 cm³/mol. The molecule has 416 valence electrons. The minimum atomic E-state index is -1.00. The summed E-state index contributed by atoms with van der Waals surface area (Å²) in [5.41, 5.74) is 3.07. The highest BCUT2D eigenvalue weighted by Crippen LogP contribution is 2.31. The lowest BCUT2D eigenvalue weighted by atomic mass is 9.87. The van der Waals surface area contributed by atoms with Crippen LogP contribution in [0.15, 0.2) is 122 Å². The van der Waals surface area contributed by atoms with Crippen molar-refractivity contribution in [2.45, 2.75) is 77.5 Å². The van der Waals surface area contributed by atoms with Gasteiger partial charge in [0.05, 0.1) is 49.0 Å². The van der Waals surface area contributed by atoms with Crippen molar-refractivity contribution < 1.29 is 60.0 Å². The number of carbonyl (C=O) groups is 4. The number of hydrogen-bond donors (Lipinski definition) is 8. The molecule has 0 saturated carbocycles. The highest BCUT2D eigenvalue weighted by molar-refractivity contribution is 5.95. The number of ketones is 4. The van der Waals surface area contributed by atoms with Gasteiger partial charge in [-0.15, -0.1) is 20.4 Å². The molecule has 8 rings (SSSR count). The molecule has 8 N–H and O–H groups in total. The van der Waals surface area contributed by atoms with Crippen LogP contribution in [0.2, 0.25) is 0 Å². The Bertz CT molecular complexity index is 3210. The van der Waals surface area contributed by atoms with Crippen LogP contribution < -0.4 is 0 Å². The summed E-state index contributed by atoms with van der Waals surface area (Å²) in [7, 11) is 0. The lowest BCUT2D eigenvalue weighted by Crippen LogP contribution is -2.41. The van der Waals surface area contributed by atoms with E-state index in [0.29, 0.717) is 45.0 Å². The second-order valence-corrected chi connectivity index (χ2v) is 19.3. The van der Waals surface area contributed by atoms with Gasteiger partial charge in [-0.1, -0.05) is 69.4 Å². The van der Waals surface area contributed by atoms with Crippen LogP contribution in [-0.4, -0.2) is 124 Å². The smallest absolute Gasteiger partial charge is 0.157 e. The van der Waals surface area contributed by atoms with Crippen LogP contribution in [0, 0.1) is 5.41 Å². The van der Waals surface area contributed by atoms with Crippen LogP contribution in [0.25, 0.3) is 24.3 Å². The summed E-state index contributed by atoms with van der Waals surface area (Å²) in [6.45, 7) is 0.500. The fraction of sp³-hybridized carbons (Fsp3) is 0.228. The third kappa shape index (κ3) is 16.7. The Morgan fingerprint density at radius 1 is 0.346 bits per heavy atom. The quantitative estimate of drug-likeness (QED) is 0.0217. The van der Waals surface area contributed by atoms with Crippen LogP contribution in [-0.2, 0) is 71.0 Å². The number of aromatic nitrogens is 12. The summed E-state index contributed by atoms with van der Waals surface area (Å²) in [6, 6.07) is 16.8. The van der Waals surface area contributed by atoms with E-state index in [2.05, 4.69) is 41.2 Å². The standard InChI is InChI=1S/C57H56N12O12/c70-45(13-1-37-5-21-49(74)53(78)25-37)17-9-41-29-66(62-58-41)33-57(34-67-30-42(59-63-67)10-18-46(71)14-2-38-6-22-50(75)54(79)26-38,35-68-31-43(60-64-68)11-19-47(72)15-3-39-7-23-51(76)55(80)27-39)36-69-32-44(61-65-69)12-20-48(73)16-4-40-8-24-52(77)56(81)28-40/h1-8,13-16,21-32,74-81H,9-12,17-20,33-36H2/b13-1+,14-2+,15-3+,16-4+. The van der Waals surface area contributed by atoms with Gasteiger partial charge in [0.25, 0.3) is 0 Å². The Morgan fingerprint density at radius 2 is 0.568 bits per heavy atom. The van der Waals surface area contributed by atoms with Gasteiger partial charge in [0.1, 0.15) is 0 Å². The molecule has 4 heterocycles. The number of carbonyl (C=O) groups excluding carboxylic acids is 4. The molecule has 8 aromatic rings. The Hall–Kier alpha value is -10.5. The first-order valence-corrected chi connectivity index (χ1v) is 25.4. The molecule has 0 unspecified atom stereocenters. The van der Waals surface area contributed by atoms with Crippen molar-refractivity contribution in [3.8, 4) is 46.0 Å². The highest BCUT2D eigenvalue weighted by atomic mass is 16.3. The van der Waals surface area contributed by atoms with Gasteiger partial charge in [-0.25, -0.2) is 0 Å². The number of allylic oxidation sites excluding steroid dienone is 4. The average Bonchev–Trinajstić information content (AvgIpc) is 4.37. The molecular formula is C57H56N12O12. The fourth-order valence-corrected chi connectivity index (χ4v) is 8.47. The largest absolute Gasteiger partial charge is 0.504 e. The van der Waals surface area contributed by atoms with Crippen LogP contribution >= 0.6 is 0 Å². The second kappa shape index (κ2) is 26.2. The van der Waals surface area contributed by atoms with Gasteiger partial charge < -0.3 is 40.9 Å². The zero-order valence-corrected chi connectivity index (χ0v) is 43.4. The maximum absolute atomic E-state index is 13.0. The molecule has 0 aliphatic heterocycles. The molecule has 0 aliphatic rings. The van der Waals surface area contributed by atoms with Crippen LogP contribution in [0.1, 0.15) is 70.7 Å². The molecule has 0 spiro atoms. The van der Waals surface area contributed by atoms with Gasteiger partial charge >= 0.3 is 0 Å². The van der Waals surface area contributed by atoms with Crippen LogP contribution in [0.5, 0.6) is 46.0 Å². The molecule has 4 aromatic carbocycles. The lowest BCUT2D eigenvalue weighted by molar-refractivity contribution is -0.115. The molecular weight excluding hydrogens is 1040 g/mol. The highest BCUT2D eigenvalue weighted by Gasteiger charge is 2.36. The fourth-order valence-electron chi connectivity index (χ4n) is 8.47. The van der Waals surface area contributed by atoms with Crippen molar-refractivity contribution in [2.24, 2.45) is 5.41 Å². The molecule has 81 heavy (non-hydrogen) atoms. The van der Waals surface area contributed by atoms with E-state index in [0.717, 1.165) is 0 Å². The van der Waals surface area contributed by atoms with Gasteiger partial charge in [-0.3, -0.25) is 37.9 Å². The van der Waals surface area contributed by atoms with Crippen LogP contribution in [0.3, 0.4) is 0 Å². The van der Waals surface area contributed by atoms with Crippen molar-refractivity contribution in [1.29, 1.82) is 0 Å². The molecule has 0 bridgehead atoms. The van der Waals surface area contributed by atoms with E-state index < -0.39 is 5.41 Å². The molecule has 0 aliphatic carbocycles. The lowest BCUT2D eigenvalue weighted by Gasteiger charge is -2.33. The third-order valence-corrected chi connectivity index (χ3v) is 12.7.